The number of nitrogens with one attached hydrogen (secondary N) is 1. The molecule has 3 N–H and O–H groups in total. The molecule has 1 rings (SSSR count). The van der Waals surface area contributed by atoms with Crippen LogP contribution in [0.1, 0.15) is 25.5 Å². The second kappa shape index (κ2) is 4.93. The number of carbonyl (C=O) groups excluding carboxylic acids is 1. The Hall–Kier alpha value is -1.36. The largest absolute Gasteiger partial charge is 0.444 e. The number of aromatic nitrogens is 1. The van der Waals surface area contributed by atoms with E-state index in [9.17, 15) is 4.79 Å². The molecule has 0 saturated carbocycles. The van der Waals surface area contributed by atoms with Crippen molar-refractivity contribution >= 4 is 5.91 Å². The number of nitrogens with two attached hydrogens (primary N) is 1. The molecule has 0 radical (unpaired) electrons. The summed E-state index contributed by atoms with van der Waals surface area (Å²) in [5, 5.41) is 2.67. The van der Waals surface area contributed by atoms with E-state index in [-0.39, 0.29) is 18.4 Å². The molecule has 0 aromatic carbocycles. The highest BCUT2D eigenvalue weighted by Gasteiger charge is 2.17. The lowest BCUT2D eigenvalue weighted by atomic mass is 10.1. The summed E-state index contributed by atoms with van der Waals surface area (Å²) in [5.74, 6) is 1.17. The number of aryl methyl sites for hydroxylation is 1. The van der Waals surface area contributed by atoms with E-state index in [4.69, 9.17) is 10.2 Å². The maximum absolute atomic E-state index is 11.5. The van der Waals surface area contributed by atoms with Crippen LogP contribution in [0.4, 0.5) is 0 Å². The van der Waals surface area contributed by atoms with E-state index in [1.165, 1.54) is 0 Å². The third kappa shape index (κ3) is 3.36. The van der Waals surface area contributed by atoms with Crippen molar-refractivity contribution in [2.75, 3.05) is 0 Å². The first-order valence-electron chi connectivity index (χ1n) is 4.95. The summed E-state index contributed by atoms with van der Waals surface area (Å²) in [6.45, 7) is 5.89. The Morgan fingerprint density at radius 1 is 1.67 bits per heavy atom. The number of amides is 1. The van der Waals surface area contributed by atoms with Crippen LogP contribution in [0, 0.1) is 12.8 Å². The van der Waals surface area contributed by atoms with Crippen molar-refractivity contribution in [3.05, 3.63) is 17.8 Å². The minimum atomic E-state index is -0.485. The van der Waals surface area contributed by atoms with Gasteiger partial charge in [-0.2, -0.15) is 0 Å². The van der Waals surface area contributed by atoms with Crippen molar-refractivity contribution in [1.82, 2.24) is 10.3 Å². The van der Waals surface area contributed by atoms with E-state index in [0.29, 0.717) is 5.89 Å². The zero-order chi connectivity index (χ0) is 11.4. The molecule has 0 saturated heterocycles. The lowest BCUT2D eigenvalue weighted by molar-refractivity contribution is -0.123. The summed E-state index contributed by atoms with van der Waals surface area (Å²) >= 11 is 0. The van der Waals surface area contributed by atoms with Crippen molar-refractivity contribution in [2.24, 2.45) is 11.7 Å². The van der Waals surface area contributed by atoms with Gasteiger partial charge in [0.05, 0.1) is 18.8 Å². The quantitative estimate of drug-likeness (QED) is 0.763. The van der Waals surface area contributed by atoms with E-state index < -0.39 is 6.04 Å². The average Bonchev–Trinajstić information content (AvgIpc) is 2.59. The Morgan fingerprint density at radius 3 is 2.80 bits per heavy atom. The van der Waals surface area contributed by atoms with Crippen LogP contribution in [-0.4, -0.2) is 16.9 Å². The summed E-state index contributed by atoms with van der Waals surface area (Å²) in [4.78, 5) is 15.4. The van der Waals surface area contributed by atoms with Crippen LogP contribution in [-0.2, 0) is 11.3 Å². The normalized spacial score (nSPS) is 12.9. The minimum Gasteiger partial charge on any atom is -0.444 e. The molecule has 0 fully saturated rings. The molecule has 0 aliphatic heterocycles. The monoisotopic (exact) mass is 211 g/mol. The first-order valence-corrected chi connectivity index (χ1v) is 4.95. The Labute approximate surface area is 89.1 Å². The molecule has 15 heavy (non-hydrogen) atoms. The zero-order valence-corrected chi connectivity index (χ0v) is 9.28. The summed E-state index contributed by atoms with van der Waals surface area (Å²) in [6, 6.07) is -0.485. The molecule has 1 heterocycles. The molecule has 0 unspecified atom stereocenters. The Morgan fingerprint density at radius 2 is 2.33 bits per heavy atom. The van der Waals surface area contributed by atoms with Crippen molar-refractivity contribution in [3.8, 4) is 0 Å². The molecule has 0 aliphatic carbocycles. The van der Waals surface area contributed by atoms with Crippen molar-refractivity contribution < 1.29 is 9.21 Å². The fraction of sp³-hybridized carbons (Fsp3) is 0.600. The first kappa shape index (κ1) is 11.7. The van der Waals surface area contributed by atoms with Gasteiger partial charge in [0, 0.05) is 0 Å². The molecule has 1 amide bonds. The van der Waals surface area contributed by atoms with Crippen LogP contribution in [0.2, 0.25) is 0 Å². The van der Waals surface area contributed by atoms with Crippen molar-refractivity contribution in [3.63, 3.8) is 0 Å². The highest BCUT2D eigenvalue weighted by Crippen LogP contribution is 2.02. The van der Waals surface area contributed by atoms with E-state index >= 15 is 0 Å². The molecule has 1 aromatic heterocycles. The summed E-state index contributed by atoms with van der Waals surface area (Å²) in [5.41, 5.74) is 5.67. The molecule has 5 heteroatoms. The molecule has 1 aromatic rings. The fourth-order valence-corrected chi connectivity index (χ4v) is 1.07. The van der Waals surface area contributed by atoms with E-state index in [1.54, 1.807) is 13.1 Å². The van der Waals surface area contributed by atoms with Crippen LogP contribution in [0.25, 0.3) is 0 Å². The summed E-state index contributed by atoms with van der Waals surface area (Å²) in [6.07, 6.45) is 1.61. The molecule has 0 spiro atoms. The number of carbonyl (C=O) groups is 1. The number of hydrogen-bond acceptors (Lipinski definition) is 4. The Bertz CT molecular complexity index is 333. The van der Waals surface area contributed by atoms with Crippen LogP contribution in [0.3, 0.4) is 0 Å². The SMILES string of the molecule is Cc1cnc(CNC(=O)[C@@H](N)C(C)C)o1. The highest BCUT2D eigenvalue weighted by atomic mass is 16.4. The smallest absolute Gasteiger partial charge is 0.237 e. The van der Waals surface area contributed by atoms with Crippen LogP contribution in [0.5, 0.6) is 0 Å². The maximum Gasteiger partial charge on any atom is 0.237 e. The number of hydrogen-bond donors (Lipinski definition) is 2. The van der Waals surface area contributed by atoms with Crippen LogP contribution >= 0.6 is 0 Å². The molecule has 84 valence electrons. The van der Waals surface area contributed by atoms with Gasteiger partial charge < -0.3 is 15.5 Å². The highest BCUT2D eigenvalue weighted by molar-refractivity contribution is 5.81. The third-order valence-electron chi connectivity index (χ3n) is 2.10. The molecule has 0 aliphatic rings. The second-order valence-corrected chi connectivity index (χ2v) is 3.85. The maximum atomic E-state index is 11.5. The molecular weight excluding hydrogens is 194 g/mol. The minimum absolute atomic E-state index is 0.122. The second-order valence-electron chi connectivity index (χ2n) is 3.85. The first-order chi connectivity index (χ1) is 7.00. The van der Waals surface area contributed by atoms with Crippen LogP contribution < -0.4 is 11.1 Å². The van der Waals surface area contributed by atoms with E-state index in [1.807, 2.05) is 13.8 Å². The van der Waals surface area contributed by atoms with Gasteiger partial charge in [-0.1, -0.05) is 13.8 Å². The van der Waals surface area contributed by atoms with Crippen molar-refractivity contribution in [2.45, 2.75) is 33.4 Å². The molecular formula is C10H17N3O2. The van der Waals surface area contributed by atoms with E-state index in [0.717, 1.165) is 5.76 Å². The lowest BCUT2D eigenvalue weighted by Crippen LogP contribution is -2.43. The topological polar surface area (TPSA) is 81.2 Å². The van der Waals surface area contributed by atoms with E-state index in [2.05, 4.69) is 10.3 Å². The predicted molar refractivity (Wildman–Crippen MR) is 55.9 cm³/mol. The summed E-state index contributed by atoms with van der Waals surface area (Å²) in [7, 11) is 0. The van der Waals surface area contributed by atoms with Gasteiger partial charge in [-0.05, 0) is 12.8 Å². The van der Waals surface area contributed by atoms with Gasteiger partial charge in [-0.25, -0.2) is 4.98 Å². The lowest BCUT2D eigenvalue weighted by Gasteiger charge is -2.14. The van der Waals surface area contributed by atoms with Gasteiger partial charge in [0.25, 0.3) is 0 Å². The predicted octanol–water partition coefficient (Wildman–Crippen LogP) is 0.583. The zero-order valence-electron chi connectivity index (χ0n) is 9.28. The van der Waals surface area contributed by atoms with Gasteiger partial charge in [-0.15, -0.1) is 0 Å². The van der Waals surface area contributed by atoms with Crippen molar-refractivity contribution in [1.29, 1.82) is 0 Å². The Kier molecular flexibility index (Phi) is 3.85. The molecule has 0 bridgehead atoms. The standard InChI is InChI=1S/C10H17N3O2/c1-6(2)9(11)10(14)13-5-8-12-4-7(3)15-8/h4,6,9H,5,11H2,1-3H3,(H,13,14)/t9-/m0/s1. The van der Waals surface area contributed by atoms with Gasteiger partial charge in [0.1, 0.15) is 5.76 Å². The van der Waals surface area contributed by atoms with Gasteiger partial charge in [0.15, 0.2) is 0 Å². The van der Waals surface area contributed by atoms with Gasteiger partial charge >= 0.3 is 0 Å². The molecule has 5 nitrogen and oxygen atoms in total. The fourth-order valence-electron chi connectivity index (χ4n) is 1.07. The average molecular weight is 211 g/mol. The number of oxazole rings is 1. The van der Waals surface area contributed by atoms with Gasteiger partial charge in [0.2, 0.25) is 11.8 Å². The Balaban J connectivity index is 2.40. The number of nitrogens with zero attached hydrogens (tertiary/aromatic N) is 1. The number of rotatable bonds is 4. The molecule has 1 atom stereocenters. The van der Waals surface area contributed by atoms with Crippen LogP contribution in [0.15, 0.2) is 10.6 Å². The van der Waals surface area contributed by atoms with Gasteiger partial charge in [-0.3, -0.25) is 4.79 Å². The summed E-state index contributed by atoms with van der Waals surface area (Å²) < 4.78 is 5.21. The third-order valence-corrected chi connectivity index (χ3v) is 2.10.